The van der Waals surface area contributed by atoms with Gasteiger partial charge in [0, 0.05) is 23.9 Å². The summed E-state index contributed by atoms with van der Waals surface area (Å²) in [4.78, 5) is 24.4. The van der Waals surface area contributed by atoms with Crippen LogP contribution in [0.25, 0.3) is 9.40 Å². The van der Waals surface area contributed by atoms with Crippen molar-refractivity contribution < 1.29 is 19.1 Å². The highest BCUT2D eigenvalue weighted by Gasteiger charge is 2.21. The van der Waals surface area contributed by atoms with Gasteiger partial charge in [0.1, 0.15) is 11.0 Å². The molecule has 0 aromatic carbocycles. The third-order valence-electron chi connectivity index (χ3n) is 3.01. The predicted octanol–water partition coefficient (Wildman–Crippen LogP) is 2.79. The number of nitrogens with one attached hydrogen (secondary N) is 1. The van der Waals surface area contributed by atoms with Crippen molar-refractivity contribution in [2.24, 2.45) is 0 Å². The van der Waals surface area contributed by atoms with Crippen LogP contribution in [0.4, 0.5) is 0 Å². The monoisotopic (exact) mass is 327 g/mol. The molecule has 2 aromatic rings. The van der Waals surface area contributed by atoms with Gasteiger partial charge in [0.25, 0.3) is 0 Å². The van der Waals surface area contributed by atoms with Crippen LogP contribution in [-0.2, 0) is 20.8 Å². The van der Waals surface area contributed by atoms with Crippen LogP contribution in [0, 0.1) is 0 Å². The SMILES string of the molecule is CCOC(=O)c1sc2ccsc2c1CNC(=O)C(C)OC. The van der Waals surface area contributed by atoms with Crippen molar-refractivity contribution in [3.63, 3.8) is 0 Å². The van der Waals surface area contributed by atoms with Crippen molar-refractivity contribution in [2.45, 2.75) is 26.5 Å². The highest BCUT2D eigenvalue weighted by Crippen LogP contribution is 2.35. The highest BCUT2D eigenvalue weighted by atomic mass is 32.1. The fraction of sp³-hybridized carbons (Fsp3) is 0.429. The lowest BCUT2D eigenvalue weighted by molar-refractivity contribution is -0.130. The minimum absolute atomic E-state index is 0.205. The van der Waals surface area contributed by atoms with Gasteiger partial charge in [-0.1, -0.05) is 0 Å². The molecular formula is C14H17NO4S2. The molecule has 1 atom stereocenters. The maximum absolute atomic E-state index is 12.0. The molecule has 0 aliphatic carbocycles. The Morgan fingerprint density at radius 1 is 1.43 bits per heavy atom. The Hall–Kier alpha value is -1.44. The lowest BCUT2D eigenvalue weighted by Crippen LogP contribution is -2.33. The zero-order valence-corrected chi connectivity index (χ0v) is 13.7. The first-order valence-electron chi connectivity index (χ1n) is 6.55. The van der Waals surface area contributed by atoms with Crippen LogP contribution in [0.1, 0.15) is 29.1 Å². The van der Waals surface area contributed by atoms with E-state index in [2.05, 4.69) is 5.32 Å². The van der Waals surface area contributed by atoms with Crippen LogP contribution in [0.15, 0.2) is 11.4 Å². The van der Waals surface area contributed by atoms with Crippen molar-refractivity contribution >= 4 is 43.9 Å². The Kier molecular flexibility index (Phi) is 5.33. The van der Waals surface area contributed by atoms with Gasteiger partial charge in [-0.25, -0.2) is 4.79 Å². The Morgan fingerprint density at radius 3 is 2.86 bits per heavy atom. The van der Waals surface area contributed by atoms with E-state index in [1.807, 2.05) is 11.4 Å². The molecule has 1 amide bonds. The number of rotatable bonds is 6. The Balaban J connectivity index is 2.24. The number of hydrogen-bond donors (Lipinski definition) is 1. The van der Waals surface area contributed by atoms with Crippen LogP contribution < -0.4 is 5.32 Å². The first-order chi connectivity index (χ1) is 10.1. The zero-order valence-electron chi connectivity index (χ0n) is 12.1. The van der Waals surface area contributed by atoms with Crippen molar-refractivity contribution in [2.75, 3.05) is 13.7 Å². The van der Waals surface area contributed by atoms with Gasteiger partial charge >= 0.3 is 5.97 Å². The molecule has 0 radical (unpaired) electrons. The molecule has 7 heteroatoms. The van der Waals surface area contributed by atoms with Crippen LogP contribution in [0.5, 0.6) is 0 Å². The minimum atomic E-state index is -0.520. The second-order valence-corrected chi connectivity index (χ2v) is 6.31. The molecule has 2 aromatic heterocycles. The summed E-state index contributed by atoms with van der Waals surface area (Å²) < 4.78 is 12.1. The largest absolute Gasteiger partial charge is 0.462 e. The molecule has 5 nitrogen and oxygen atoms in total. The average Bonchev–Trinajstić information content (AvgIpc) is 3.05. The Morgan fingerprint density at radius 2 is 2.19 bits per heavy atom. The van der Waals surface area contributed by atoms with Gasteiger partial charge in [-0.15, -0.1) is 22.7 Å². The highest BCUT2D eigenvalue weighted by molar-refractivity contribution is 7.28. The molecule has 0 spiro atoms. The maximum atomic E-state index is 12.0. The van der Waals surface area contributed by atoms with E-state index in [0.29, 0.717) is 18.0 Å². The minimum Gasteiger partial charge on any atom is -0.462 e. The predicted molar refractivity (Wildman–Crippen MR) is 84.0 cm³/mol. The average molecular weight is 327 g/mol. The fourth-order valence-corrected chi connectivity index (χ4v) is 4.09. The number of esters is 1. The molecule has 2 rings (SSSR count). The van der Waals surface area contributed by atoms with E-state index in [1.165, 1.54) is 18.4 Å². The molecular weight excluding hydrogens is 310 g/mol. The van der Waals surface area contributed by atoms with Gasteiger partial charge in [-0.2, -0.15) is 0 Å². The summed E-state index contributed by atoms with van der Waals surface area (Å²) in [6.07, 6.45) is -0.520. The number of carbonyl (C=O) groups is 2. The van der Waals surface area contributed by atoms with Gasteiger partial charge in [0.05, 0.1) is 11.3 Å². The quantitative estimate of drug-likeness (QED) is 0.829. The summed E-state index contributed by atoms with van der Waals surface area (Å²) in [7, 11) is 1.48. The van der Waals surface area contributed by atoms with Crippen molar-refractivity contribution in [3.8, 4) is 0 Å². The van der Waals surface area contributed by atoms with E-state index in [4.69, 9.17) is 9.47 Å². The van der Waals surface area contributed by atoms with Crippen LogP contribution >= 0.6 is 22.7 Å². The molecule has 0 aliphatic rings. The lowest BCUT2D eigenvalue weighted by atomic mass is 10.2. The molecule has 2 heterocycles. The summed E-state index contributed by atoms with van der Waals surface area (Å²) in [6, 6.07) is 1.97. The van der Waals surface area contributed by atoms with Gasteiger partial charge < -0.3 is 14.8 Å². The third kappa shape index (κ3) is 3.42. The van der Waals surface area contributed by atoms with E-state index in [-0.39, 0.29) is 11.9 Å². The Labute approximate surface area is 130 Å². The topological polar surface area (TPSA) is 64.6 Å². The number of methoxy groups -OCH3 is 1. The summed E-state index contributed by atoms with van der Waals surface area (Å²) in [6.45, 7) is 4.07. The normalized spacial score (nSPS) is 12.3. The molecule has 21 heavy (non-hydrogen) atoms. The molecule has 114 valence electrons. The molecule has 0 saturated carbocycles. The molecule has 0 saturated heterocycles. The second-order valence-electron chi connectivity index (χ2n) is 4.34. The van der Waals surface area contributed by atoms with Crippen LogP contribution in [0.3, 0.4) is 0 Å². The van der Waals surface area contributed by atoms with E-state index in [1.54, 1.807) is 25.2 Å². The number of amides is 1. The number of carbonyl (C=O) groups excluding carboxylic acids is 2. The van der Waals surface area contributed by atoms with E-state index >= 15 is 0 Å². The smallest absolute Gasteiger partial charge is 0.348 e. The third-order valence-corrected chi connectivity index (χ3v) is 5.29. The summed E-state index contributed by atoms with van der Waals surface area (Å²) >= 11 is 2.95. The van der Waals surface area contributed by atoms with E-state index < -0.39 is 6.10 Å². The number of fused-ring (bicyclic) bond motifs is 1. The Bertz CT molecular complexity index is 646. The number of hydrogen-bond acceptors (Lipinski definition) is 6. The van der Waals surface area contributed by atoms with Crippen molar-refractivity contribution in [3.05, 3.63) is 21.9 Å². The van der Waals surface area contributed by atoms with Gasteiger partial charge in [0.2, 0.25) is 5.91 Å². The molecule has 1 N–H and O–H groups in total. The van der Waals surface area contributed by atoms with Gasteiger partial charge in [-0.05, 0) is 25.3 Å². The fourth-order valence-electron chi connectivity index (χ4n) is 1.82. The van der Waals surface area contributed by atoms with Gasteiger partial charge in [-0.3, -0.25) is 4.79 Å². The molecule has 0 bridgehead atoms. The van der Waals surface area contributed by atoms with Crippen molar-refractivity contribution in [1.29, 1.82) is 0 Å². The second kappa shape index (κ2) is 7.02. The number of thiophene rings is 2. The molecule has 0 fully saturated rings. The standard InChI is InChI=1S/C14H17NO4S2/c1-4-19-14(17)12-9(7-15-13(16)8(2)18-3)11-10(21-12)5-6-20-11/h5-6,8H,4,7H2,1-3H3,(H,15,16). The van der Waals surface area contributed by atoms with E-state index in [0.717, 1.165) is 15.0 Å². The zero-order chi connectivity index (χ0) is 15.4. The first-order valence-corrected chi connectivity index (χ1v) is 8.24. The van der Waals surface area contributed by atoms with E-state index in [9.17, 15) is 9.59 Å². The lowest BCUT2D eigenvalue weighted by Gasteiger charge is -2.10. The summed E-state index contributed by atoms with van der Waals surface area (Å²) in [5.74, 6) is -0.543. The van der Waals surface area contributed by atoms with Crippen molar-refractivity contribution in [1.82, 2.24) is 5.32 Å². The molecule has 0 aliphatic heterocycles. The van der Waals surface area contributed by atoms with Gasteiger partial charge in [0.15, 0.2) is 0 Å². The van der Waals surface area contributed by atoms with Crippen LogP contribution in [-0.4, -0.2) is 31.7 Å². The summed E-state index contributed by atoms with van der Waals surface area (Å²) in [5, 5.41) is 4.77. The summed E-state index contributed by atoms with van der Waals surface area (Å²) in [5.41, 5.74) is 0.820. The molecule has 1 unspecified atom stereocenters. The maximum Gasteiger partial charge on any atom is 0.348 e. The first kappa shape index (κ1) is 15.9. The van der Waals surface area contributed by atoms with Crippen LogP contribution in [0.2, 0.25) is 0 Å². The number of ether oxygens (including phenoxy) is 2.